The van der Waals surface area contributed by atoms with Gasteiger partial charge in [-0.25, -0.2) is 4.79 Å². The molecule has 0 bridgehead atoms. The fourth-order valence-corrected chi connectivity index (χ4v) is 7.28. The van der Waals surface area contributed by atoms with Gasteiger partial charge < -0.3 is 34.6 Å². The summed E-state index contributed by atoms with van der Waals surface area (Å²) in [7, 11) is 0. The monoisotopic (exact) mass is 638 g/mol. The molecular weight excluding hydrogens is 572 g/mol. The van der Waals surface area contributed by atoms with Gasteiger partial charge in [0, 0.05) is 12.0 Å². The molecule has 2 fully saturated rings. The fourth-order valence-electron chi connectivity index (χ4n) is 7.28. The van der Waals surface area contributed by atoms with Crippen molar-refractivity contribution in [2.75, 3.05) is 0 Å². The summed E-state index contributed by atoms with van der Waals surface area (Å²) in [6.45, 7) is 4.06. The number of esters is 1. The molecule has 0 aromatic carbocycles. The predicted molar refractivity (Wildman–Crippen MR) is 177 cm³/mol. The molecule has 9 atom stereocenters. The number of aliphatic hydroxyl groups excluding tert-OH is 4. The fraction of sp³-hybridized carbons (Fsp3) is 0.919. The lowest BCUT2D eigenvalue weighted by atomic mass is 9.97. The maximum absolute atomic E-state index is 11.7. The summed E-state index contributed by atoms with van der Waals surface area (Å²) in [5.74, 6) is -0.290. The molecule has 3 rings (SSSR count). The van der Waals surface area contributed by atoms with Crippen LogP contribution in [0, 0.1) is 0 Å². The van der Waals surface area contributed by atoms with E-state index in [0.717, 1.165) is 77.0 Å². The molecular formula is C37H66O8. The third-order valence-corrected chi connectivity index (χ3v) is 10.1. The Balaban J connectivity index is 1.17. The number of carbonyl (C=O) groups excluding carboxylic acids is 1. The molecule has 3 aliphatic rings. The van der Waals surface area contributed by atoms with Gasteiger partial charge in [0.25, 0.3) is 0 Å². The number of cyclic esters (lactones) is 1. The molecule has 3 heterocycles. The van der Waals surface area contributed by atoms with Crippen LogP contribution >= 0.6 is 0 Å². The van der Waals surface area contributed by atoms with Crippen molar-refractivity contribution in [2.24, 2.45) is 0 Å². The Kier molecular flexibility index (Phi) is 18.6. The van der Waals surface area contributed by atoms with Crippen LogP contribution in [-0.4, -0.2) is 81.3 Å². The summed E-state index contributed by atoms with van der Waals surface area (Å²) >= 11 is 0. The third-order valence-electron chi connectivity index (χ3n) is 10.1. The highest BCUT2D eigenvalue weighted by molar-refractivity contribution is 5.90. The van der Waals surface area contributed by atoms with E-state index in [-0.39, 0.29) is 36.5 Å². The Bertz CT molecular complexity index is 833. The van der Waals surface area contributed by atoms with Gasteiger partial charge in [-0.2, -0.15) is 0 Å². The van der Waals surface area contributed by atoms with E-state index >= 15 is 0 Å². The van der Waals surface area contributed by atoms with Gasteiger partial charge in [0.15, 0.2) is 0 Å². The van der Waals surface area contributed by atoms with Crippen LogP contribution < -0.4 is 0 Å². The van der Waals surface area contributed by atoms with E-state index in [0.29, 0.717) is 37.7 Å². The zero-order valence-corrected chi connectivity index (χ0v) is 28.5. The van der Waals surface area contributed by atoms with Gasteiger partial charge in [-0.1, -0.05) is 90.4 Å². The standard InChI is InChI=1S/C37H66O8/c1-3-4-5-6-7-8-12-15-18-31(39)32(40)20-21-33(41)34-23-24-36(45-34)35-22-19-30(44-35)17-14-11-9-10-13-16-29(38)26-28-25-27(2)43-37(28)42/h25,27,29-36,38-41H,3-24,26H2,1-2H3/t27-,29+,30+,31-,32+,33+,34+,35-,36-/m0/s1. The number of carbonyl (C=O) groups is 1. The second-order valence-corrected chi connectivity index (χ2v) is 14.2. The van der Waals surface area contributed by atoms with Crippen LogP contribution in [-0.2, 0) is 19.0 Å². The van der Waals surface area contributed by atoms with Crippen molar-refractivity contribution in [1.29, 1.82) is 0 Å². The lowest BCUT2D eigenvalue weighted by Crippen LogP contribution is -2.33. The van der Waals surface area contributed by atoms with Crippen LogP contribution in [0.25, 0.3) is 0 Å². The Hall–Kier alpha value is -1.03. The van der Waals surface area contributed by atoms with E-state index in [1.54, 1.807) is 0 Å². The van der Waals surface area contributed by atoms with Crippen molar-refractivity contribution in [3.05, 3.63) is 11.6 Å². The van der Waals surface area contributed by atoms with Crippen molar-refractivity contribution in [3.8, 4) is 0 Å². The van der Waals surface area contributed by atoms with Gasteiger partial charge in [0.1, 0.15) is 6.10 Å². The average molecular weight is 639 g/mol. The van der Waals surface area contributed by atoms with Crippen LogP contribution in [0.5, 0.6) is 0 Å². The van der Waals surface area contributed by atoms with Crippen LogP contribution in [0.3, 0.4) is 0 Å². The highest BCUT2D eigenvalue weighted by Gasteiger charge is 2.39. The summed E-state index contributed by atoms with van der Waals surface area (Å²) < 4.78 is 17.7. The Morgan fingerprint density at radius 1 is 0.711 bits per heavy atom. The first kappa shape index (κ1) is 38.4. The van der Waals surface area contributed by atoms with Crippen molar-refractivity contribution in [1.82, 2.24) is 0 Å². The Labute approximate surface area is 273 Å². The van der Waals surface area contributed by atoms with Crippen molar-refractivity contribution < 1.29 is 39.4 Å². The third kappa shape index (κ3) is 14.7. The highest BCUT2D eigenvalue weighted by Crippen LogP contribution is 2.34. The van der Waals surface area contributed by atoms with Crippen LogP contribution in [0.2, 0.25) is 0 Å². The van der Waals surface area contributed by atoms with Crippen LogP contribution in [0.15, 0.2) is 11.6 Å². The van der Waals surface area contributed by atoms with Gasteiger partial charge in [-0.3, -0.25) is 0 Å². The van der Waals surface area contributed by atoms with Crippen molar-refractivity contribution >= 4 is 5.97 Å². The Morgan fingerprint density at radius 3 is 2.00 bits per heavy atom. The first-order valence-electron chi connectivity index (χ1n) is 18.7. The highest BCUT2D eigenvalue weighted by atomic mass is 16.6. The summed E-state index contributed by atoms with van der Waals surface area (Å²) in [5.41, 5.74) is 0.606. The summed E-state index contributed by atoms with van der Waals surface area (Å²) in [6.07, 6.45) is 21.8. The normalized spacial score (nSPS) is 27.8. The zero-order valence-electron chi connectivity index (χ0n) is 28.5. The van der Waals surface area contributed by atoms with E-state index < -0.39 is 24.4 Å². The van der Waals surface area contributed by atoms with E-state index in [1.807, 2.05) is 13.0 Å². The number of ether oxygens (including phenoxy) is 3. The molecule has 0 aliphatic carbocycles. The molecule has 3 aliphatic heterocycles. The van der Waals surface area contributed by atoms with E-state index in [9.17, 15) is 25.2 Å². The van der Waals surface area contributed by atoms with Crippen LogP contribution in [0.1, 0.15) is 162 Å². The molecule has 0 aromatic heterocycles. The topological polar surface area (TPSA) is 126 Å². The first-order chi connectivity index (χ1) is 21.8. The number of unbranched alkanes of at least 4 members (excludes halogenated alkanes) is 11. The molecule has 0 aromatic rings. The minimum Gasteiger partial charge on any atom is -0.455 e. The van der Waals surface area contributed by atoms with Gasteiger partial charge in [0.05, 0.1) is 48.8 Å². The lowest BCUT2D eigenvalue weighted by molar-refractivity contribution is -0.139. The maximum Gasteiger partial charge on any atom is 0.334 e. The van der Waals surface area contributed by atoms with Gasteiger partial charge >= 0.3 is 5.97 Å². The first-order valence-corrected chi connectivity index (χ1v) is 18.7. The largest absolute Gasteiger partial charge is 0.455 e. The minimum absolute atomic E-state index is 0.0311. The van der Waals surface area contributed by atoms with Gasteiger partial charge in [0.2, 0.25) is 0 Å². The molecule has 0 amide bonds. The second kappa shape index (κ2) is 21.8. The predicted octanol–water partition coefficient (Wildman–Crippen LogP) is 6.83. The van der Waals surface area contributed by atoms with Crippen LogP contribution in [0.4, 0.5) is 0 Å². The van der Waals surface area contributed by atoms with E-state index in [2.05, 4.69) is 6.92 Å². The van der Waals surface area contributed by atoms with Crippen molar-refractivity contribution in [3.63, 3.8) is 0 Å². The molecule has 0 unspecified atom stereocenters. The molecule has 0 radical (unpaired) electrons. The number of hydrogen-bond donors (Lipinski definition) is 4. The quantitative estimate of drug-likeness (QED) is 0.0634. The molecule has 8 heteroatoms. The number of hydrogen-bond acceptors (Lipinski definition) is 8. The molecule has 0 saturated carbocycles. The van der Waals surface area contributed by atoms with Crippen molar-refractivity contribution in [2.45, 2.75) is 216 Å². The number of aliphatic hydroxyl groups is 4. The van der Waals surface area contributed by atoms with E-state index in [4.69, 9.17) is 14.2 Å². The lowest BCUT2D eigenvalue weighted by Gasteiger charge is -2.24. The van der Waals surface area contributed by atoms with E-state index in [1.165, 1.54) is 38.5 Å². The van der Waals surface area contributed by atoms with Gasteiger partial charge in [-0.05, 0) is 70.8 Å². The summed E-state index contributed by atoms with van der Waals surface area (Å²) in [6, 6.07) is 0. The molecule has 45 heavy (non-hydrogen) atoms. The van der Waals surface area contributed by atoms with Gasteiger partial charge in [-0.15, -0.1) is 0 Å². The molecule has 8 nitrogen and oxygen atoms in total. The molecule has 0 spiro atoms. The second-order valence-electron chi connectivity index (χ2n) is 14.2. The Morgan fingerprint density at radius 2 is 1.31 bits per heavy atom. The summed E-state index contributed by atoms with van der Waals surface area (Å²) in [5, 5.41) is 41.8. The SMILES string of the molecule is CCCCCCCCCC[C@H](O)[C@H](O)CC[C@@H](O)[C@H]1CC[C@@H]([C@@H]2CC[C@@H](CCCCCCC[C@@H](O)CC3=C[C@H](C)OC3=O)O2)O1. The molecule has 4 N–H and O–H groups in total. The summed E-state index contributed by atoms with van der Waals surface area (Å²) in [4.78, 5) is 11.7. The molecule has 262 valence electrons. The number of rotatable bonds is 25. The zero-order chi connectivity index (χ0) is 32.4. The smallest absolute Gasteiger partial charge is 0.334 e. The average Bonchev–Trinajstić information content (AvgIpc) is 3.76. The molecule has 2 saturated heterocycles. The maximum atomic E-state index is 11.7. The minimum atomic E-state index is -0.794.